The number of hydrogen-bond acceptors (Lipinski definition) is 6. The van der Waals surface area contributed by atoms with Crippen LogP contribution in [-0.4, -0.2) is 37.2 Å². The molecule has 0 bridgehead atoms. The topological polar surface area (TPSA) is 78.9 Å². The summed E-state index contributed by atoms with van der Waals surface area (Å²) in [5.74, 6) is -0.886. The van der Waals surface area contributed by atoms with Crippen LogP contribution in [0.15, 0.2) is 85.1 Å². The van der Waals surface area contributed by atoms with Gasteiger partial charge >= 0.3 is 17.9 Å². The Bertz CT molecular complexity index is 1450. The molecule has 0 saturated carbocycles. The molecule has 0 spiro atoms. The first-order valence-electron chi connectivity index (χ1n) is 32.6. The van der Waals surface area contributed by atoms with Gasteiger partial charge in [0.25, 0.3) is 0 Å². The molecule has 76 heavy (non-hydrogen) atoms. The Labute approximate surface area is 471 Å². The third-order valence-electron chi connectivity index (χ3n) is 14.1. The van der Waals surface area contributed by atoms with E-state index in [2.05, 4.69) is 106 Å². The van der Waals surface area contributed by atoms with E-state index in [4.69, 9.17) is 14.2 Å². The Morgan fingerprint density at radius 1 is 0.276 bits per heavy atom. The predicted octanol–water partition coefficient (Wildman–Crippen LogP) is 22.3. The first-order valence-corrected chi connectivity index (χ1v) is 32.6. The number of allylic oxidation sites excluding steroid dienone is 14. The second kappa shape index (κ2) is 64.1. The summed E-state index contributed by atoms with van der Waals surface area (Å²) in [5, 5.41) is 0. The molecule has 6 heteroatoms. The van der Waals surface area contributed by atoms with Gasteiger partial charge in [-0.25, -0.2) is 0 Å². The van der Waals surface area contributed by atoms with Gasteiger partial charge in [0, 0.05) is 19.3 Å². The Morgan fingerprint density at radius 3 is 0.829 bits per heavy atom. The normalized spacial score (nSPS) is 12.6. The van der Waals surface area contributed by atoms with Crippen molar-refractivity contribution in [3.8, 4) is 0 Å². The van der Waals surface area contributed by atoms with Gasteiger partial charge in [0.05, 0.1) is 0 Å². The summed E-state index contributed by atoms with van der Waals surface area (Å²) in [5.41, 5.74) is 0. The van der Waals surface area contributed by atoms with Crippen molar-refractivity contribution in [2.75, 3.05) is 13.2 Å². The van der Waals surface area contributed by atoms with E-state index >= 15 is 0 Å². The molecule has 0 fully saturated rings. The number of esters is 3. The van der Waals surface area contributed by atoms with Gasteiger partial charge in [-0.1, -0.05) is 273 Å². The highest BCUT2D eigenvalue weighted by atomic mass is 16.6. The van der Waals surface area contributed by atoms with Crippen LogP contribution in [-0.2, 0) is 28.6 Å². The van der Waals surface area contributed by atoms with Crippen molar-refractivity contribution in [3.63, 3.8) is 0 Å². The fraction of sp³-hybridized carbons (Fsp3) is 0.757. The maximum Gasteiger partial charge on any atom is 0.306 e. The summed E-state index contributed by atoms with van der Waals surface area (Å²) in [4.78, 5) is 38.3. The standard InChI is InChI=1S/C70H122O6/c1-4-7-10-13-16-19-22-25-27-29-30-31-32-33-34-35-36-37-38-39-40-41-43-45-48-51-54-57-60-63-69(72)75-66-67(65-74-68(71)62-59-56-53-50-47-44-24-21-18-15-12-9-6-3)76-70(73)64-61-58-55-52-49-46-42-28-26-23-20-17-14-11-8-5-2/h7,10,16,19,21,24-25,27-28,30-31,33-34,42,67H,4-6,8-9,11-15,17-18,20,22-23,26,29,32,35-41,43-66H2,1-3H3/b10-7-,19-16-,24-21-,27-25-,31-30-,34-33-,42-28-. The van der Waals surface area contributed by atoms with Gasteiger partial charge in [-0.15, -0.1) is 0 Å². The number of ether oxygens (including phenoxy) is 3. The highest BCUT2D eigenvalue weighted by Crippen LogP contribution is 2.16. The molecular weight excluding hydrogens is 937 g/mol. The van der Waals surface area contributed by atoms with Crippen LogP contribution in [0.25, 0.3) is 0 Å². The first-order chi connectivity index (χ1) is 37.5. The van der Waals surface area contributed by atoms with Crippen molar-refractivity contribution in [1.29, 1.82) is 0 Å². The van der Waals surface area contributed by atoms with E-state index in [0.717, 1.165) is 109 Å². The van der Waals surface area contributed by atoms with E-state index in [1.54, 1.807) is 0 Å². The number of carbonyl (C=O) groups is 3. The lowest BCUT2D eigenvalue weighted by Gasteiger charge is -2.18. The van der Waals surface area contributed by atoms with E-state index in [9.17, 15) is 14.4 Å². The van der Waals surface area contributed by atoms with Crippen molar-refractivity contribution in [1.82, 2.24) is 0 Å². The van der Waals surface area contributed by atoms with Crippen molar-refractivity contribution in [2.45, 2.75) is 329 Å². The molecule has 1 atom stereocenters. The molecular formula is C70H122O6. The van der Waals surface area contributed by atoms with Gasteiger partial charge in [-0.2, -0.15) is 0 Å². The van der Waals surface area contributed by atoms with Crippen LogP contribution < -0.4 is 0 Å². The Morgan fingerprint density at radius 2 is 0.513 bits per heavy atom. The fourth-order valence-corrected chi connectivity index (χ4v) is 9.23. The molecule has 0 aliphatic rings. The smallest absolute Gasteiger partial charge is 0.306 e. The monoisotopic (exact) mass is 1060 g/mol. The van der Waals surface area contributed by atoms with E-state index in [1.165, 1.54) is 173 Å². The highest BCUT2D eigenvalue weighted by molar-refractivity contribution is 5.71. The number of hydrogen-bond donors (Lipinski definition) is 0. The van der Waals surface area contributed by atoms with Crippen LogP contribution in [0.3, 0.4) is 0 Å². The molecule has 6 nitrogen and oxygen atoms in total. The van der Waals surface area contributed by atoms with Crippen molar-refractivity contribution in [3.05, 3.63) is 85.1 Å². The van der Waals surface area contributed by atoms with Gasteiger partial charge in [-0.3, -0.25) is 14.4 Å². The molecule has 0 aliphatic heterocycles. The lowest BCUT2D eigenvalue weighted by Crippen LogP contribution is -2.30. The van der Waals surface area contributed by atoms with Crippen LogP contribution in [0, 0.1) is 0 Å². The molecule has 0 aromatic carbocycles. The summed E-state index contributed by atoms with van der Waals surface area (Å²) in [7, 11) is 0. The molecule has 0 radical (unpaired) electrons. The molecule has 0 aromatic heterocycles. The van der Waals surface area contributed by atoms with Gasteiger partial charge in [0.2, 0.25) is 0 Å². The number of rotatable bonds is 59. The first kappa shape index (κ1) is 72.6. The van der Waals surface area contributed by atoms with Gasteiger partial charge in [-0.05, 0) is 116 Å². The summed E-state index contributed by atoms with van der Waals surface area (Å²) < 4.78 is 16.9. The highest BCUT2D eigenvalue weighted by Gasteiger charge is 2.19. The van der Waals surface area contributed by atoms with Crippen LogP contribution in [0.1, 0.15) is 323 Å². The minimum Gasteiger partial charge on any atom is -0.462 e. The molecule has 438 valence electrons. The number of unbranched alkanes of at least 4 members (excludes halogenated alkanes) is 34. The zero-order valence-corrected chi connectivity index (χ0v) is 50.3. The van der Waals surface area contributed by atoms with Crippen LogP contribution in [0.4, 0.5) is 0 Å². The SMILES string of the molecule is CC/C=C\C/C=C\C/C=C\C/C=C\C/C=C\CCCCCCCCCCCCCCCC(=O)OCC(COC(=O)CCCCCCC/C=C\CCCCCC)OC(=O)CCCCCCC/C=C\CCCCCCCCC. The van der Waals surface area contributed by atoms with E-state index in [-0.39, 0.29) is 31.1 Å². The summed E-state index contributed by atoms with van der Waals surface area (Å²) in [6.45, 7) is 6.52. The molecule has 0 aromatic rings. The maximum atomic E-state index is 12.9. The summed E-state index contributed by atoms with van der Waals surface area (Å²) in [6.07, 6.45) is 84.5. The largest absolute Gasteiger partial charge is 0.462 e. The van der Waals surface area contributed by atoms with Crippen LogP contribution in [0.5, 0.6) is 0 Å². The lowest BCUT2D eigenvalue weighted by atomic mass is 10.0. The maximum absolute atomic E-state index is 12.9. The molecule has 0 heterocycles. The van der Waals surface area contributed by atoms with Crippen molar-refractivity contribution in [2.24, 2.45) is 0 Å². The zero-order chi connectivity index (χ0) is 55.0. The number of carbonyl (C=O) groups excluding carboxylic acids is 3. The predicted molar refractivity (Wildman–Crippen MR) is 330 cm³/mol. The molecule has 1 unspecified atom stereocenters. The van der Waals surface area contributed by atoms with Gasteiger partial charge in [0.15, 0.2) is 6.10 Å². The minimum absolute atomic E-state index is 0.0807. The molecule has 0 rings (SSSR count). The molecule has 0 amide bonds. The Hall–Kier alpha value is -3.41. The second-order valence-electron chi connectivity index (χ2n) is 21.6. The summed E-state index contributed by atoms with van der Waals surface area (Å²) in [6, 6.07) is 0. The van der Waals surface area contributed by atoms with Gasteiger partial charge in [0.1, 0.15) is 13.2 Å². The van der Waals surface area contributed by atoms with Gasteiger partial charge < -0.3 is 14.2 Å². The average Bonchev–Trinajstić information content (AvgIpc) is 3.42. The van der Waals surface area contributed by atoms with E-state index in [1.807, 2.05) is 0 Å². The van der Waals surface area contributed by atoms with Crippen LogP contribution in [0.2, 0.25) is 0 Å². The third kappa shape index (κ3) is 61.4. The Kier molecular flexibility index (Phi) is 61.2. The lowest BCUT2D eigenvalue weighted by molar-refractivity contribution is -0.167. The average molecular weight is 1060 g/mol. The third-order valence-corrected chi connectivity index (χ3v) is 14.1. The van der Waals surface area contributed by atoms with Crippen LogP contribution >= 0.6 is 0 Å². The van der Waals surface area contributed by atoms with E-state index in [0.29, 0.717) is 19.3 Å². The fourth-order valence-electron chi connectivity index (χ4n) is 9.23. The van der Waals surface area contributed by atoms with Crippen molar-refractivity contribution >= 4 is 17.9 Å². The summed E-state index contributed by atoms with van der Waals surface area (Å²) >= 11 is 0. The quantitative estimate of drug-likeness (QED) is 0.0261. The molecule has 0 aliphatic carbocycles. The molecule has 0 N–H and O–H groups in total. The second-order valence-corrected chi connectivity index (χ2v) is 21.6. The van der Waals surface area contributed by atoms with Crippen molar-refractivity contribution < 1.29 is 28.6 Å². The minimum atomic E-state index is -0.784. The Balaban J connectivity index is 4.25. The van der Waals surface area contributed by atoms with E-state index < -0.39 is 6.10 Å². The molecule has 0 saturated heterocycles. The zero-order valence-electron chi connectivity index (χ0n) is 50.3.